The standard InChI is InChI=1S/C5H2Cl2N2/c6-4-1-3(2-8)9-5(4)7/h1,8H. The second kappa shape index (κ2) is 2.36. The lowest BCUT2D eigenvalue weighted by molar-refractivity contribution is 1.48. The molecule has 9 heavy (non-hydrogen) atoms. The van der Waals surface area contributed by atoms with Crippen LogP contribution in [-0.2, 0) is 0 Å². The zero-order valence-electron chi connectivity index (χ0n) is 4.28. The zero-order valence-corrected chi connectivity index (χ0v) is 5.79. The molecule has 46 valence electrons. The van der Waals surface area contributed by atoms with Crippen LogP contribution in [0.15, 0.2) is 21.8 Å². The van der Waals surface area contributed by atoms with Gasteiger partial charge in [-0.05, 0) is 6.08 Å². The zero-order chi connectivity index (χ0) is 6.85. The van der Waals surface area contributed by atoms with Crippen LogP contribution in [0, 0.1) is 5.41 Å². The van der Waals surface area contributed by atoms with Crippen molar-refractivity contribution in [2.45, 2.75) is 0 Å². The third-order valence-electron chi connectivity index (χ3n) is 0.807. The van der Waals surface area contributed by atoms with Crippen LogP contribution in [0.25, 0.3) is 0 Å². The average Bonchev–Trinajstić information content (AvgIpc) is 2.13. The van der Waals surface area contributed by atoms with Crippen LogP contribution in [0.5, 0.6) is 0 Å². The van der Waals surface area contributed by atoms with Crippen molar-refractivity contribution in [2.24, 2.45) is 4.99 Å². The molecular formula is C5H2Cl2N2. The number of aliphatic imine (C=N–C) groups is 1. The van der Waals surface area contributed by atoms with E-state index in [4.69, 9.17) is 28.6 Å². The van der Waals surface area contributed by atoms with E-state index in [0.717, 1.165) is 0 Å². The van der Waals surface area contributed by atoms with Gasteiger partial charge in [-0.15, -0.1) is 0 Å². The molecule has 1 aliphatic rings. The molecule has 0 aliphatic carbocycles. The Labute approximate surface area is 62.0 Å². The van der Waals surface area contributed by atoms with E-state index in [9.17, 15) is 0 Å². The fraction of sp³-hybridized carbons (Fsp3) is 0. The normalized spacial score (nSPS) is 16.9. The van der Waals surface area contributed by atoms with Gasteiger partial charge in [0.15, 0.2) is 0 Å². The lowest BCUT2D eigenvalue weighted by Gasteiger charge is -1.78. The predicted molar refractivity (Wildman–Crippen MR) is 38.5 cm³/mol. The van der Waals surface area contributed by atoms with Crippen molar-refractivity contribution in [1.82, 2.24) is 0 Å². The van der Waals surface area contributed by atoms with Crippen LogP contribution in [0.1, 0.15) is 0 Å². The van der Waals surface area contributed by atoms with Crippen molar-refractivity contribution >= 4 is 34.2 Å². The van der Waals surface area contributed by atoms with Crippen molar-refractivity contribution in [3.05, 3.63) is 16.8 Å². The van der Waals surface area contributed by atoms with Crippen LogP contribution in [0.2, 0.25) is 0 Å². The highest BCUT2D eigenvalue weighted by Gasteiger charge is 2.08. The Morgan fingerprint density at radius 2 is 2.22 bits per heavy atom. The van der Waals surface area contributed by atoms with Crippen LogP contribution < -0.4 is 0 Å². The monoisotopic (exact) mass is 160 g/mol. The van der Waals surface area contributed by atoms with Crippen molar-refractivity contribution in [3.63, 3.8) is 0 Å². The van der Waals surface area contributed by atoms with Crippen molar-refractivity contribution < 1.29 is 0 Å². The molecule has 4 heteroatoms. The van der Waals surface area contributed by atoms with Gasteiger partial charge < -0.3 is 0 Å². The molecular weight excluding hydrogens is 159 g/mol. The molecule has 0 aromatic heterocycles. The molecule has 0 saturated carbocycles. The smallest absolute Gasteiger partial charge is 0.149 e. The van der Waals surface area contributed by atoms with E-state index in [2.05, 4.69) is 10.9 Å². The first-order valence-electron chi connectivity index (χ1n) is 2.15. The van der Waals surface area contributed by atoms with Gasteiger partial charge in [-0.25, -0.2) is 4.99 Å². The summed E-state index contributed by atoms with van der Waals surface area (Å²) in [5, 5.41) is 7.22. The Bertz CT molecular complexity index is 226. The minimum atomic E-state index is 0.228. The summed E-state index contributed by atoms with van der Waals surface area (Å²) in [5.41, 5.74) is 0.366. The minimum absolute atomic E-state index is 0.228. The molecule has 1 aliphatic heterocycles. The van der Waals surface area contributed by atoms with Gasteiger partial charge in [-0.1, -0.05) is 23.2 Å². The molecule has 0 aromatic rings. The molecule has 0 unspecified atom stereocenters. The summed E-state index contributed by atoms with van der Waals surface area (Å²) >= 11 is 10.9. The molecule has 1 heterocycles. The Morgan fingerprint density at radius 1 is 1.56 bits per heavy atom. The largest absolute Gasteiger partial charge is 0.257 e. The molecule has 0 amide bonds. The highest BCUT2D eigenvalue weighted by Crippen LogP contribution is 2.19. The summed E-state index contributed by atoms with van der Waals surface area (Å²) in [6.07, 6.45) is 1.48. The minimum Gasteiger partial charge on any atom is -0.257 e. The average molecular weight is 161 g/mol. The molecule has 2 nitrogen and oxygen atoms in total. The summed E-state index contributed by atoms with van der Waals surface area (Å²) in [4.78, 5) is 3.66. The molecule has 1 rings (SSSR count). The Kier molecular flexibility index (Phi) is 1.72. The van der Waals surface area contributed by atoms with Crippen molar-refractivity contribution in [2.75, 3.05) is 0 Å². The summed E-state index contributed by atoms with van der Waals surface area (Å²) in [6.45, 7) is 0. The first-order valence-corrected chi connectivity index (χ1v) is 2.91. The van der Waals surface area contributed by atoms with Gasteiger partial charge in [0.05, 0.1) is 5.03 Å². The topological polar surface area (TPSA) is 36.2 Å². The van der Waals surface area contributed by atoms with Gasteiger partial charge in [0, 0.05) is 5.87 Å². The molecule has 0 saturated heterocycles. The first-order chi connectivity index (χ1) is 4.24. The SMILES string of the molecule is N=C=C1C=C(Cl)C(Cl)=N1. The second-order valence-electron chi connectivity index (χ2n) is 1.41. The number of nitrogens with one attached hydrogen (secondary N) is 1. The lowest BCUT2D eigenvalue weighted by Crippen LogP contribution is -1.76. The number of allylic oxidation sites excluding steroid dienone is 2. The predicted octanol–water partition coefficient (Wildman–Crippen LogP) is 1.89. The fourth-order valence-electron chi connectivity index (χ4n) is 0.435. The number of hydrogen-bond donors (Lipinski definition) is 1. The van der Waals surface area contributed by atoms with E-state index in [1.807, 2.05) is 0 Å². The molecule has 1 N–H and O–H groups in total. The fourth-order valence-corrected chi connectivity index (χ4v) is 0.726. The first kappa shape index (κ1) is 6.56. The number of nitrogens with zero attached hydrogens (tertiary/aromatic N) is 1. The van der Waals surface area contributed by atoms with Gasteiger partial charge in [0.1, 0.15) is 10.9 Å². The summed E-state index contributed by atoms with van der Waals surface area (Å²) in [6, 6.07) is 0. The molecule has 0 spiro atoms. The van der Waals surface area contributed by atoms with Crippen LogP contribution in [-0.4, -0.2) is 11.0 Å². The maximum atomic E-state index is 6.62. The number of hydrogen-bond acceptors (Lipinski definition) is 2. The third-order valence-corrected chi connectivity index (χ3v) is 1.48. The summed E-state index contributed by atoms with van der Waals surface area (Å²) in [7, 11) is 0. The van der Waals surface area contributed by atoms with Gasteiger partial charge in [-0.2, -0.15) is 0 Å². The van der Waals surface area contributed by atoms with Crippen LogP contribution >= 0.6 is 23.2 Å². The molecule has 0 atom stereocenters. The van der Waals surface area contributed by atoms with Gasteiger partial charge >= 0.3 is 0 Å². The summed E-state index contributed by atoms with van der Waals surface area (Å²) in [5.74, 6) is 2.06. The summed E-state index contributed by atoms with van der Waals surface area (Å²) < 4.78 is 0. The van der Waals surface area contributed by atoms with E-state index in [-0.39, 0.29) is 5.17 Å². The highest BCUT2D eigenvalue weighted by molar-refractivity contribution is 6.76. The van der Waals surface area contributed by atoms with Crippen molar-refractivity contribution in [1.29, 1.82) is 5.41 Å². The van der Waals surface area contributed by atoms with Crippen LogP contribution in [0.3, 0.4) is 0 Å². The third kappa shape index (κ3) is 1.22. The number of halogens is 2. The lowest BCUT2D eigenvalue weighted by atomic mass is 10.5. The molecule has 0 bridgehead atoms. The quantitative estimate of drug-likeness (QED) is 0.526. The van der Waals surface area contributed by atoms with Gasteiger partial charge in [0.25, 0.3) is 0 Å². The van der Waals surface area contributed by atoms with E-state index < -0.39 is 0 Å². The van der Waals surface area contributed by atoms with E-state index >= 15 is 0 Å². The van der Waals surface area contributed by atoms with Gasteiger partial charge in [-0.3, -0.25) is 5.41 Å². The van der Waals surface area contributed by atoms with E-state index in [1.165, 1.54) is 6.08 Å². The number of rotatable bonds is 0. The molecule has 0 radical (unpaired) electrons. The van der Waals surface area contributed by atoms with E-state index in [0.29, 0.717) is 10.7 Å². The maximum Gasteiger partial charge on any atom is 0.149 e. The maximum absolute atomic E-state index is 6.62. The van der Waals surface area contributed by atoms with Crippen molar-refractivity contribution in [3.8, 4) is 0 Å². The second-order valence-corrected chi connectivity index (χ2v) is 2.17. The highest BCUT2D eigenvalue weighted by atomic mass is 35.5. The Hall–Kier alpha value is -0.560. The Morgan fingerprint density at radius 3 is 2.44 bits per heavy atom. The van der Waals surface area contributed by atoms with Gasteiger partial charge in [0.2, 0.25) is 0 Å². The molecule has 0 aromatic carbocycles. The van der Waals surface area contributed by atoms with E-state index in [1.54, 1.807) is 0 Å². The van der Waals surface area contributed by atoms with Crippen LogP contribution in [0.4, 0.5) is 0 Å². The molecule has 0 fully saturated rings. The Balaban J connectivity index is 3.10.